The van der Waals surface area contributed by atoms with Crippen molar-refractivity contribution in [2.75, 3.05) is 0 Å². The number of hydrogen-bond acceptors (Lipinski definition) is 1. The Kier molecular flexibility index (Phi) is 6.45. The summed E-state index contributed by atoms with van der Waals surface area (Å²) < 4.78 is 58.8. The fourth-order valence-electron chi connectivity index (χ4n) is 4.06. The van der Waals surface area contributed by atoms with Crippen LogP contribution in [0.25, 0.3) is 21.9 Å². The first-order valence-electron chi connectivity index (χ1n) is 10.5. The maximum Gasteiger partial charge on any atom is 0.387 e. The monoisotopic (exact) mass is 438 g/mol. The first kappa shape index (κ1) is 21.9. The van der Waals surface area contributed by atoms with Crippen LogP contribution in [0.3, 0.4) is 0 Å². The molecule has 1 atom stereocenters. The van der Waals surface area contributed by atoms with E-state index in [0.717, 1.165) is 22.8 Å². The van der Waals surface area contributed by atoms with Crippen LogP contribution in [0.4, 0.5) is 17.6 Å². The molecule has 0 radical (unpaired) electrons. The predicted molar refractivity (Wildman–Crippen MR) is 119 cm³/mol. The minimum Gasteiger partial charge on any atom is -0.435 e. The van der Waals surface area contributed by atoms with Gasteiger partial charge in [-0.3, -0.25) is 0 Å². The molecule has 0 saturated heterocycles. The molecule has 1 unspecified atom stereocenters. The summed E-state index contributed by atoms with van der Waals surface area (Å²) in [5.74, 6) is -1.47. The summed E-state index contributed by atoms with van der Waals surface area (Å²) in [4.78, 5) is 0. The number of benzene rings is 4. The van der Waals surface area contributed by atoms with Crippen LogP contribution in [0.2, 0.25) is 0 Å². The highest BCUT2D eigenvalue weighted by atomic mass is 19.3. The first-order chi connectivity index (χ1) is 15.4. The van der Waals surface area contributed by atoms with Gasteiger partial charge in [0.15, 0.2) is 0 Å². The third-order valence-electron chi connectivity index (χ3n) is 5.69. The molecule has 0 fully saturated rings. The Balaban J connectivity index is 1.60. The number of alkyl halides is 2. The maximum absolute atomic E-state index is 15.0. The fourth-order valence-corrected chi connectivity index (χ4v) is 4.06. The molecule has 0 aromatic heterocycles. The molecule has 0 aliphatic heterocycles. The molecule has 0 heterocycles. The molecule has 0 saturated carbocycles. The molecular weight excluding hydrogens is 416 g/mol. The van der Waals surface area contributed by atoms with Crippen LogP contribution in [-0.4, -0.2) is 6.61 Å². The molecule has 0 spiro atoms. The van der Waals surface area contributed by atoms with E-state index in [1.807, 2.05) is 31.2 Å². The van der Waals surface area contributed by atoms with E-state index in [1.165, 1.54) is 36.4 Å². The second-order valence-corrected chi connectivity index (χ2v) is 7.75. The van der Waals surface area contributed by atoms with Gasteiger partial charge in [0.05, 0.1) is 5.56 Å². The third kappa shape index (κ3) is 4.77. The predicted octanol–water partition coefficient (Wildman–Crippen LogP) is 8.12. The molecule has 1 nitrogen and oxygen atoms in total. The molecule has 0 aliphatic carbocycles. The Bertz CT molecular complexity index is 1190. The average molecular weight is 438 g/mol. The molecule has 4 aromatic carbocycles. The normalized spacial score (nSPS) is 12.3. The fraction of sp³-hybridized carbons (Fsp3) is 0.185. The molecule has 0 N–H and O–H groups in total. The Morgan fingerprint density at radius 2 is 1.44 bits per heavy atom. The van der Waals surface area contributed by atoms with E-state index in [4.69, 9.17) is 0 Å². The van der Waals surface area contributed by atoms with E-state index in [-0.39, 0.29) is 22.8 Å². The van der Waals surface area contributed by atoms with Crippen LogP contribution in [0.5, 0.6) is 5.75 Å². The quantitative estimate of drug-likeness (QED) is 0.265. The van der Waals surface area contributed by atoms with Crippen molar-refractivity contribution < 1.29 is 22.3 Å². The van der Waals surface area contributed by atoms with Crippen molar-refractivity contribution >= 4 is 10.8 Å². The Labute approximate surface area is 184 Å². The zero-order valence-corrected chi connectivity index (χ0v) is 17.5. The van der Waals surface area contributed by atoms with E-state index in [2.05, 4.69) is 22.9 Å². The van der Waals surface area contributed by atoms with Gasteiger partial charge in [0.1, 0.15) is 17.4 Å². The SMILES string of the molecule is CCC(Cc1ccc2ccccc2c1)c1cc(F)c(-c2ccc(OC(F)F)cc2)c(F)c1. The highest BCUT2D eigenvalue weighted by Gasteiger charge is 2.18. The van der Waals surface area contributed by atoms with Gasteiger partial charge < -0.3 is 4.74 Å². The van der Waals surface area contributed by atoms with Crippen LogP contribution in [0.1, 0.15) is 30.4 Å². The van der Waals surface area contributed by atoms with Crippen molar-refractivity contribution in [2.24, 2.45) is 0 Å². The third-order valence-corrected chi connectivity index (χ3v) is 5.69. The summed E-state index contributed by atoms with van der Waals surface area (Å²) >= 11 is 0. The molecule has 0 amide bonds. The van der Waals surface area contributed by atoms with E-state index in [0.29, 0.717) is 12.0 Å². The lowest BCUT2D eigenvalue weighted by atomic mass is 9.88. The van der Waals surface area contributed by atoms with Gasteiger partial charge in [-0.05, 0) is 70.5 Å². The topological polar surface area (TPSA) is 9.23 Å². The number of rotatable bonds is 7. The smallest absolute Gasteiger partial charge is 0.387 e. The van der Waals surface area contributed by atoms with Crippen molar-refractivity contribution in [1.29, 1.82) is 0 Å². The minimum atomic E-state index is -2.96. The van der Waals surface area contributed by atoms with Gasteiger partial charge >= 0.3 is 6.61 Å². The first-order valence-corrected chi connectivity index (χ1v) is 10.5. The highest BCUT2D eigenvalue weighted by molar-refractivity contribution is 5.83. The van der Waals surface area contributed by atoms with Gasteiger partial charge in [-0.25, -0.2) is 8.78 Å². The van der Waals surface area contributed by atoms with Gasteiger partial charge in [0.25, 0.3) is 0 Å². The van der Waals surface area contributed by atoms with Crippen molar-refractivity contribution in [1.82, 2.24) is 0 Å². The summed E-state index contributed by atoms with van der Waals surface area (Å²) in [5, 5.41) is 2.28. The zero-order valence-electron chi connectivity index (χ0n) is 17.5. The molecule has 0 bridgehead atoms. The van der Waals surface area contributed by atoms with Crippen molar-refractivity contribution in [3.63, 3.8) is 0 Å². The Morgan fingerprint density at radius 3 is 2.06 bits per heavy atom. The molecule has 5 heteroatoms. The largest absolute Gasteiger partial charge is 0.435 e. The van der Waals surface area contributed by atoms with Crippen molar-refractivity contribution in [3.8, 4) is 16.9 Å². The standard InChI is InChI=1S/C27H22F4O/c1-2-18(13-17-7-8-19-5-3-4-6-21(19)14-17)22-15-24(28)26(25(29)16-22)20-9-11-23(12-10-20)32-27(30)31/h3-12,14-16,18,27H,2,13H2,1H3. The second-order valence-electron chi connectivity index (χ2n) is 7.75. The summed E-state index contributed by atoms with van der Waals surface area (Å²) in [7, 11) is 0. The van der Waals surface area contributed by atoms with Crippen LogP contribution in [0.15, 0.2) is 78.9 Å². The number of hydrogen-bond donors (Lipinski definition) is 0. The average Bonchev–Trinajstić information content (AvgIpc) is 2.77. The summed E-state index contributed by atoms with van der Waals surface area (Å²) in [6, 6.07) is 22.3. The molecule has 0 aliphatic rings. The van der Waals surface area contributed by atoms with E-state index in [1.54, 1.807) is 0 Å². The summed E-state index contributed by atoms with van der Waals surface area (Å²) in [5.41, 5.74) is 1.78. The van der Waals surface area contributed by atoms with Gasteiger partial charge in [0.2, 0.25) is 0 Å². The van der Waals surface area contributed by atoms with Gasteiger partial charge in [0, 0.05) is 0 Å². The van der Waals surface area contributed by atoms with Crippen LogP contribution < -0.4 is 4.74 Å². The lowest BCUT2D eigenvalue weighted by Crippen LogP contribution is -2.05. The lowest BCUT2D eigenvalue weighted by molar-refractivity contribution is -0.0498. The number of halogens is 4. The molecule has 32 heavy (non-hydrogen) atoms. The van der Waals surface area contributed by atoms with Gasteiger partial charge in [-0.15, -0.1) is 0 Å². The van der Waals surface area contributed by atoms with Gasteiger partial charge in [-0.1, -0.05) is 61.5 Å². The van der Waals surface area contributed by atoms with Crippen molar-refractivity contribution in [2.45, 2.75) is 32.3 Å². The number of ether oxygens (including phenoxy) is 1. The maximum atomic E-state index is 15.0. The summed E-state index contributed by atoms with van der Waals surface area (Å²) in [6.07, 6.45) is 1.39. The van der Waals surface area contributed by atoms with E-state index < -0.39 is 18.2 Å². The second kappa shape index (κ2) is 9.43. The highest BCUT2D eigenvalue weighted by Crippen LogP contribution is 2.33. The van der Waals surface area contributed by atoms with E-state index in [9.17, 15) is 17.6 Å². The minimum absolute atomic E-state index is 0.0453. The number of fused-ring (bicyclic) bond motifs is 1. The summed E-state index contributed by atoms with van der Waals surface area (Å²) in [6.45, 7) is -0.959. The molecule has 164 valence electrons. The molecule has 4 aromatic rings. The lowest BCUT2D eigenvalue weighted by Gasteiger charge is -2.18. The molecular formula is C27H22F4O. The molecule has 4 rings (SSSR count). The van der Waals surface area contributed by atoms with Crippen LogP contribution in [0, 0.1) is 11.6 Å². The zero-order chi connectivity index (χ0) is 22.7. The van der Waals surface area contributed by atoms with Crippen molar-refractivity contribution in [3.05, 3.63) is 102 Å². The Hall–Kier alpha value is -3.34. The van der Waals surface area contributed by atoms with Crippen LogP contribution in [-0.2, 0) is 6.42 Å². The van der Waals surface area contributed by atoms with E-state index >= 15 is 0 Å². The Morgan fingerprint density at radius 1 is 0.781 bits per heavy atom. The van der Waals surface area contributed by atoms with Crippen LogP contribution >= 0.6 is 0 Å². The van der Waals surface area contributed by atoms with Gasteiger partial charge in [-0.2, -0.15) is 8.78 Å².